The van der Waals surface area contributed by atoms with Crippen molar-refractivity contribution in [2.75, 3.05) is 0 Å². The van der Waals surface area contributed by atoms with E-state index in [4.69, 9.17) is 0 Å². The van der Waals surface area contributed by atoms with Gasteiger partial charge in [0.2, 0.25) is 0 Å². The van der Waals surface area contributed by atoms with Crippen LogP contribution >= 0.6 is 0 Å². The summed E-state index contributed by atoms with van der Waals surface area (Å²) >= 11 is 0. The molecule has 1 aromatic rings. The number of rotatable bonds is 8. The summed E-state index contributed by atoms with van der Waals surface area (Å²) in [7, 11) is 0. The van der Waals surface area contributed by atoms with Gasteiger partial charge in [0.15, 0.2) is 5.78 Å². The molecule has 0 bridgehead atoms. The number of benzene rings is 1. The van der Waals surface area contributed by atoms with E-state index in [0.29, 0.717) is 6.42 Å². The molecule has 1 heteroatoms. The molecule has 0 unspecified atom stereocenters. The molecule has 0 N–H and O–H groups in total. The lowest BCUT2D eigenvalue weighted by atomic mass is 10.1. The minimum atomic E-state index is 0.226. The molecule has 18 heavy (non-hydrogen) atoms. The number of carbonyl (C=O) groups is 1. The Morgan fingerprint density at radius 3 is 2.56 bits per heavy atom. The number of carbonyl (C=O) groups excluding carboxylic acids is 1. The third-order valence-electron chi connectivity index (χ3n) is 2.76. The van der Waals surface area contributed by atoms with E-state index in [0.717, 1.165) is 18.4 Å². The van der Waals surface area contributed by atoms with Gasteiger partial charge in [0, 0.05) is 6.42 Å². The maximum atomic E-state index is 11.5. The van der Waals surface area contributed by atoms with E-state index in [1.807, 2.05) is 48.6 Å². The standard InChI is InChI=1S/C17H22O/c1-2-3-4-8-14-17(18)15-10-9-13-16-11-6-5-7-12-16/h5-7,9-13,15H,2-4,8,14H2,1H3/b13-9+,15-10-. The van der Waals surface area contributed by atoms with Crippen molar-refractivity contribution in [1.29, 1.82) is 0 Å². The van der Waals surface area contributed by atoms with Gasteiger partial charge in [-0.05, 0) is 18.1 Å². The summed E-state index contributed by atoms with van der Waals surface area (Å²) in [6, 6.07) is 10.1. The van der Waals surface area contributed by atoms with Crippen molar-refractivity contribution in [1.82, 2.24) is 0 Å². The fourth-order valence-corrected chi connectivity index (χ4v) is 1.70. The zero-order valence-corrected chi connectivity index (χ0v) is 11.1. The summed E-state index contributed by atoms with van der Waals surface area (Å²) in [5.41, 5.74) is 1.15. The van der Waals surface area contributed by atoms with Gasteiger partial charge in [0.1, 0.15) is 0 Å². The molecule has 0 atom stereocenters. The summed E-state index contributed by atoms with van der Waals surface area (Å²) in [5.74, 6) is 0.226. The highest BCUT2D eigenvalue weighted by atomic mass is 16.1. The van der Waals surface area contributed by atoms with Crippen LogP contribution in [0.2, 0.25) is 0 Å². The Morgan fingerprint density at radius 1 is 1.06 bits per heavy atom. The topological polar surface area (TPSA) is 17.1 Å². The largest absolute Gasteiger partial charge is 0.295 e. The first-order chi connectivity index (χ1) is 8.83. The summed E-state index contributed by atoms with van der Waals surface area (Å²) in [6.45, 7) is 2.18. The fraction of sp³-hybridized carbons (Fsp3) is 0.353. The fourth-order valence-electron chi connectivity index (χ4n) is 1.70. The average Bonchev–Trinajstić information content (AvgIpc) is 2.41. The zero-order chi connectivity index (χ0) is 13.1. The third kappa shape index (κ3) is 6.85. The van der Waals surface area contributed by atoms with Gasteiger partial charge in [0.05, 0.1) is 0 Å². The van der Waals surface area contributed by atoms with Gasteiger partial charge in [-0.15, -0.1) is 0 Å². The molecule has 1 rings (SSSR count). The molecular formula is C17H22O. The van der Waals surface area contributed by atoms with Crippen LogP contribution in [0, 0.1) is 0 Å². The van der Waals surface area contributed by atoms with Crippen LogP contribution in [0.15, 0.2) is 48.6 Å². The average molecular weight is 242 g/mol. The van der Waals surface area contributed by atoms with Gasteiger partial charge in [0.25, 0.3) is 0 Å². The van der Waals surface area contributed by atoms with E-state index in [-0.39, 0.29) is 5.78 Å². The lowest BCUT2D eigenvalue weighted by Gasteiger charge is -1.95. The third-order valence-corrected chi connectivity index (χ3v) is 2.76. The normalized spacial score (nSPS) is 11.4. The Balaban J connectivity index is 2.23. The van der Waals surface area contributed by atoms with Crippen molar-refractivity contribution in [2.45, 2.75) is 39.0 Å². The molecule has 0 saturated heterocycles. The number of unbranched alkanes of at least 4 members (excludes halogenated alkanes) is 3. The number of allylic oxidation sites excluding steroid dienone is 3. The van der Waals surface area contributed by atoms with Crippen molar-refractivity contribution < 1.29 is 4.79 Å². The molecular weight excluding hydrogens is 220 g/mol. The van der Waals surface area contributed by atoms with Crippen molar-refractivity contribution in [3.8, 4) is 0 Å². The second-order valence-electron chi connectivity index (χ2n) is 4.41. The highest BCUT2D eigenvalue weighted by molar-refractivity contribution is 5.89. The van der Waals surface area contributed by atoms with E-state index < -0.39 is 0 Å². The molecule has 0 aliphatic rings. The molecule has 0 fully saturated rings. The second kappa shape index (κ2) is 9.41. The Kier molecular flexibility index (Phi) is 7.54. The highest BCUT2D eigenvalue weighted by Gasteiger charge is 1.95. The van der Waals surface area contributed by atoms with Gasteiger partial charge in [-0.3, -0.25) is 4.79 Å². The van der Waals surface area contributed by atoms with E-state index in [9.17, 15) is 4.79 Å². The first kappa shape index (κ1) is 14.4. The predicted octanol–water partition coefficient (Wildman–Crippen LogP) is 4.80. The lowest BCUT2D eigenvalue weighted by molar-refractivity contribution is -0.114. The van der Waals surface area contributed by atoms with Crippen molar-refractivity contribution >= 4 is 11.9 Å². The summed E-state index contributed by atoms with van der Waals surface area (Å²) in [4.78, 5) is 11.5. The van der Waals surface area contributed by atoms with Crippen molar-refractivity contribution in [3.63, 3.8) is 0 Å². The van der Waals surface area contributed by atoms with Crippen LogP contribution < -0.4 is 0 Å². The molecule has 1 nitrogen and oxygen atoms in total. The summed E-state index contributed by atoms with van der Waals surface area (Å²) in [6.07, 6.45) is 12.7. The maximum Gasteiger partial charge on any atom is 0.155 e. The number of hydrogen-bond donors (Lipinski definition) is 0. The first-order valence-electron chi connectivity index (χ1n) is 6.75. The predicted molar refractivity (Wildman–Crippen MR) is 78.4 cm³/mol. The number of hydrogen-bond acceptors (Lipinski definition) is 1. The minimum absolute atomic E-state index is 0.226. The van der Waals surface area contributed by atoms with Crippen LogP contribution in [0.1, 0.15) is 44.6 Å². The maximum absolute atomic E-state index is 11.5. The lowest BCUT2D eigenvalue weighted by Crippen LogP contribution is -1.91. The summed E-state index contributed by atoms with van der Waals surface area (Å²) in [5, 5.41) is 0. The molecule has 0 heterocycles. The molecule has 1 aromatic carbocycles. The van der Waals surface area contributed by atoms with E-state index >= 15 is 0 Å². The number of ketones is 1. The summed E-state index contributed by atoms with van der Waals surface area (Å²) < 4.78 is 0. The van der Waals surface area contributed by atoms with Crippen LogP contribution in [0.3, 0.4) is 0 Å². The molecule has 0 saturated carbocycles. The first-order valence-corrected chi connectivity index (χ1v) is 6.75. The minimum Gasteiger partial charge on any atom is -0.295 e. The SMILES string of the molecule is CCCCCCC(=O)/C=C\C=C\c1ccccc1. The molecule has 96 valence electrons. The Labute approximate surface area is 110 Å². The van der Waals surface area contributed by atoms with Gasteiger partial charge in [-0.25, -0.2) is 0 Å². The zero-order valence-electron chi connectivity index (χ0n) is 11.1. The van der Waals surface area contributed by atoms with E-state index in [1.54, 1.807) is 6.08 Å². The van der Waals surface area contributed by atoms with Crippen LogP contribution in [-0.4, -0.2) is 5.78 Å². The van der Waals surface area contributed by atoms with Crippen LogP contribution in [0.5, 0.6) is 0 Å². The molecule has 0 amide bonds. The van der Waals surface area contributed by atoms with Gasteiger partial charge >= 0.3 is 0 Å². The molecule has 0 radical (unpaired) electrons. The van der Waals surface area contributed by atoms with E-state index in [1.165, 1.54) is 12.8 Å². The van der Waals surface area contributed by atoms with E-state index in [2.05, 4.69) is 6.92 Å². The van der Waals surface area contributed by atoms with Crippen LogP contribution in [0.4, 0.5) is 0 Å². The smallest absolute Gasteiger partial charge is 0.155 e. The van der Waals surface area contributed by atoms with Crippen LogP contribution in [-0.2, 0) is 4.79 Å². The Bertz CT molecular complexity index is 387. The molecule has 0 aliphatic carbocycles. The van der Waals surface area contributed by atoms with Crippen molar-refractivity contribution in [3.05, 3.63) is 54.1 Å². The molecule has 0 aliphatic heterocycles. The Morgan fingerprint density at radius 2 is 1.83 bits per heavy atom. The highest BCUT2D eigenvalue weighted by Crippen LogP contribution is 2.04. The monoisotopic (exact) mass is 242 g/mol. The quantitative estimate of drug-likeness (QED) is 0.364. The molecule has 0 spiro atoms. The Hall–Kier alpha value is -1.63. The molecule has 0 aromatic heterocycles. The van der Waals surface area contributed by atoms with Gasteiger partial charge < -0.3 is 0 Å². The van der Waals surface area contributed by atoms with Gasteiger partial charge in [-0.1, -0.05) is 74.7 Å². The second-order valence-corrected chi connectivity index (χ2v) is 4.41. The van der Waals surface area contributed by atoms with Gasteiger partial charge in [-0.2, -0.15) is 0 Å². The van der Waals surface area contributed by atoms with Crippen LogP contribution in [0.25, 0.3) is 6.08 Å². The van der Waals surface area contributed by atoms with Crippen molar-refractivity contribution in [2.24, 2.45) is 0 Å².